The van der Waals surface area contributed by atoms with Gasteiger partial charge in [0.1, 0.15) is 0 Å². The fraction of sp³-hybridized carbons (Fsp3) is 0.158. The molecule has 8 aromatic rings. The Morgan fingerprint density at radius 1 is 0.288 bits per heavy atom. The third-order valence-corrected chi connectivity index (χ3v) is 14.8. The predicted octanol–water partition coefficient (Wildman–Crippen LogP) is 12.6. The molecule has 1 aliphatic heterocycles. The smallest absolute Gasteiger partial charge is 0.0705 e. The molecule has 0 amide bonds. The summed E-state index contributed by atoms with van der Waals surface area (Å²) in [7, 11) is 0. The molecule has 1 radical (unpaired) electrons. The van der Waals surface area contributed by atoms with Crippen molar-refractivity contribution in [2.75, 3.05) is 0 Å². The minimum absolute atomic E-state index is 0. The number of fused-ring (bicyclic) bond motifs is 12. The van der Waals surface area contributed by atoms with Gasteiger partial charge in [-0.25, -0.2) is 0 Å². The normalized spacial score (nSPS) is 16.4. The molecule has 4 aliphatic carbocycles. The molecule has 13 rings (SSSR count). The quantitative estimate of drug-likeness (QED) is 0.177. The van der Waals surface area contributed by atoms with Gasteiger partial charge in [-0.05, 0) is 156 Å². The Kier molecular flexibility index (Phi) is 7.87. The molecule has 5 aliphatic rings. The average molecular weight is 749 g/mol. The first-order valence-electron chi connectivity index (χ1n) is 21.3. The molecule has 277 valence electrons. The molecule has 1 N–H and O–H groups in total. The van der Waals surface area contributed by atoms with Gasteiger partial charge in [-0.3, -0.25) is 5.32 Å². The van der Waals surface area contributed by atoms with E-state index in [1.165, 1.54) is 111 Å². The predicted molar refractivity (Wildman–Crippen MR) is 243 cm³/mol. The van der Waals surface area contributed by atoms with Gasteiger partial charge in [0.05, 0.1) is 11.1 Å². The van der Waals surface area contributed by atoms with Crippen molar-refractivity contribution in [3.63, 3.8) is 0 Å². The number of piperidine rings is 1. The molecular formula is C57H43LiN. The second-order valence-corrected chi connectivity index (χ2v) is 17.5. The molecular weight excluding hydrogens is 706 g/mol. The molecule has 0 atom stereocenters. The van der Waals surface area contributed by atoms with Crippen LogP contribution in [0.15, 0.2) is 170 Å². The van der Waals surface area contributed by atoms with Crippen molar-refractivity contribution in [3.8, 4) is 44.5 Å². The third-order valence-electron chi connectivity index (χ3n) is 14.8. The van der Waals surface area contributed by atoms with Gasteiger partial charge in [0, 0.05) is 18.9 Å². The number of benzene rings is 8. The monoisotopic (exact) mass is 748 g/mol. The van der Waals surface area contributed by atoms with Gasteiger partial charge >= 0.3 is 0 Å². The third kappa shape index (κ3) is 4.91. The summed E-state index contributed by atoms with van der Waals surface area (Å²) in [5.74, 6) is 0. The van der Waals surface area contributed by atoms with Gasteiger partial charge in [-0.1, -0.05) is 170 Å². The van der Waals surface area contributed by atoms with Crippen LogP contribution in [0.25, 0.3) is 44.5 Å². The van der Waals surface area contributed by atoms with Crippen LogP contribution < -0.4 is 5.32 Å². The van der Waals surface area contributed by atoms with Crippen molar-refractivity contribution in [2.45, 2.75) is 56.0 Å². The molecule has 0 unspecified atom stereocenters. The maximum absolute atomic E-state index is 4.87. The first kappa shape index (κ1) is 35.3. The van der Waals surface area contributed by atoms with Crippen LogP contribution in [0.4, 0.5) is 0 Å². The fourth-order valence-electron chi connectivity index (χ4n) is 12.4. The maximum atomic E-state index is 4.87. The fourth-order valence-corrected chi connectivity index (χ4v) is 12.4. The van der Waals surface area contributed by atoms with E-state index >= 15 is 0 Å². The number of hydrogen-bond acceptors (Lipinski definition) is 1. The van der Waals surface area contributed by atoms with E-state index in [2.05, 4.69) is 170 Å². The van der Waals surface area contributed by atoms with Crippen LogP contribution in [-0.4, -0.2) is 18.9 Å². The Morgan fingerprint density at radius 3 is 0.831 bits per heavy atom. The largest absolute Gasteiger partial charge is 0.290 e. The Morgan fingerprint density at radius 2 is 0.542 bits per heavy atom. The molecule has 2 heteroatoms. The topological polar surface area (TPSA) is 12.0 Å². The Labute approximate surface area is 359 Å². The summed E-state index contributed by atoms with van der Waals surface area (Å²) in [4.78, 5) is 0. The Bertz CT molecular complexity index is 2640. The van der Waals surface area contributed by atoms with Crippen molar-refractivity contribution < 1.29 is 0 Å². The minimum Gasteiger partial charge on any atom is -0.290 e. The van der Waals surface area contributed by atoms with E-state index < -0.39 is 11.1 Å². The van der Waals surface area contributed by atoms with Crippen LogP contribution in [-0.2, 0) is 36.8 Å². The molecule has 0 spiro atoms. The first-order valence-corrected chi connectivity index (χ1v) is 21.3. The Hall–Kier alpha value is -5.68. The van der Waals surface area contributed by atoms with Gasteiger partial charge in [0.25, 0.3) is 0 Å². The van der Waals surface area contributed by atoms with Gasteiger partial charge in [-0.2, -0.15) is 0 Å². The SMILES string of the molecule is [Li].c1ccc2c(c1)Cc1c-2cccc1C1(c2cccc3c2Cc2ccccc2-3)CCCC(c2cccc3c2Cc2ccccc2-3)(c2cccc3c2Cc2ccccc2-3)N1. The summed E-state index contributed by atoms with van der Waals surface area (Å²) < 4.78 is 0. The molecule has 8 aromatic carbocycles. The van der Waals surface area contributed by atoms with Gasteiger partial charge < -0.3 is 0 Å². The van der Waals surface area contributed by atoms with Crippen LogP contribution in [0.5, 0.6) is 0 Å². The number of rotatable bonds is 4. The zero-order chi connectivity index (χ0) is 38.0. The van der Waals surface area contributed by atoms with Gasteiger partial charge in [0.15, 0.2) is 0 Å². The summed E-state index contributed by atoms with van der Waals surface area (Å²) in [6, 6.07) is 65.3. The van der Waals surface area contributed by atoms with E-state index in [1.54, 1.807) is 0 Å². The van der Waals surface area contributed by atoms with Crippen molar-refractivity contribution >= 4 is 18.9 Å². The zero-order valence-corrected chi connectivity index (χ0v) is 33.6. The molecule has 1 nitrogen and oxygen atoms in total. The van der Waals surface area contributed by atoms with Crippen molar-refractivity contribution in [3.05, 3.63) is 237 Å². The van der Waals surface area contributed by atoms with Crippen molar-refractivity contribution in [2.24, 2.45) is 0 Å². The molecule has 0 bridgehead atoms. The van der Waals surface area contributed by atoms with Crippen LogP contribution in [0, 0.1) is 0 Å². The molecule has 1 fully saturated rings. The van der Waals surface area contributed by atoms with Crippen LogP contribution in [0.1, 0.15) is 86.0 Å². The molecule has 1 saturated heterocycles. The van der Waals surface area contributed by atoms with E-state index in [0.717, 1.165) is 44.9 Å². The maximum Gasteiger partial charge on any atom is 0.0705 e. The van der Waals surface area contributed by atoms with E-state index in [4.69, 9.17) is 5.32 Å². The van der Waals surface area contributed by atoms with E-state index in [0.29, 0.717) is 0 Å². The standard InChI is InChI=1S/C57H43N.Li/c1-5-18-40-36(14-1)32-48-44(40)22-9-26-52(48)56(53-27-10-23-45-41-19-6-2-15-37(41)33-49(45)53)30-13-31-57(58-56,54-28-11-24-46-42-20-7-3-16-38(42)34-50(46)54)55-29-12-25-47-43-21-8-4-17-39(43)35-51(47)55;/h1-12,14-29,58H,13,30-35H2;. The van der Waals surface area contributed by atoms with Crippen LogP contribution >= 0.6 is 0 Å². The summed E-state index contributed by atoms with van der Waals surface area (Å²) >= 11 is 0. The van der Waals surface area contributed by atoms with Gasteiger partial charge in [0.2, 0.25) is 0 Å². The van der Waals surface area contributed by atoms with Gasteiger partial charge in [-0.15, -0.1) is 0 Å². The summed E-state index contributed by atoms with van der Waals surface area (Å²) in [6.45, 7) is 0. The molecule has 0 saturated carbocycles. The van der Waals surface area contributed by atoms with Crippen molar-refractivity contribution in [1.82, 2.24) is 5.32 Å². The number of nitrogens with one attached hydrogen (secondary N) is 1. The second kappa shape index (κ2) is 13.2. The summed E-state index contributed by atoms with van der Waals surface area (Å²) in [5.41, 5.74) is 27.7. The Balaban J connectivity index is 0.00000377. The molecule has 1 heterocycles. The zero-order valence-electron chi connectivity index (χ0n) is 33.6. The molecule has 0 aromatic heterocycles. The number of hydrogen-bond donors (Lipinski definition) is 1. The molecule has 59 heavy (non-hydrogen) atoms. The van der Waals surface area contributed by atoms with Crippen molar-refractivity contribution in [1.29, 1.82) is 0 Å². The van der Waals surface area contributed by atoms with E-state index in [9.17, 15) is 0 Å². The van der Waals surface area contributed by atoms with Crippen LogP contribution in [0.3, 0.4) is 0 Å². The summed E-state index contributed by atoms with van der Waals surface area (Å²) in [6.07, 6.45) is 6.98. The van der Waals surface area contributed by atoms with E-state index in [-0.39, 0.29) is 18.9 Å². The first-order chi connectivity index (χ1) is 28.7. The summed E-state index contributed by atoms with van der Waals surface area (Å²) in [5, 5.41) is 4.87. The van der Waals surface area contributed by atoms with Crippen LogP contribution in [0.2, 0.25) is 0 Å². The second-order valence-electron chi connectivity index (χ2n) is 17.5. The van der Waals surface area contributed by atoms with E-state index in [1.807, 2.05) is 0 Å². The average Bonchev–Trinajstić information content (AvgIpc) is 4.06. The minimum atomic E-state index is -0.457.